The van der Waals surface area contributed by atoms with E-state index in [0.717, 1.165) is 10.9 Å². The van der Waals surface area contributed by atoms with Gasteiger partial charge in [0.2, 0.25) is 0 Å². The van der Waals surface area contributed by atoms with E-state index in [9.17, 15) is 0 Å². The van der Waals surface area contributed by atoms with E-state index in [1.807, 2.05) is 18.5 Å². The van der Waals surface area contributed by atoms with Gasteiger partial charge in [-0.05, 0) is 45.9 Å². The predicted octanol–water partition coefficient (Wildman–Crippen LogP) is 2.47. The van der Waals surface area contributed by atoms with E-state index in [1.165, 1.54) is 5.56 Å². The molecule has 13 heavy (non-hydrogen) atoms. The third kappa shape index (κ3) is 2.51. The Morgan fingerprint density at radius 3 is 2.77 bits per heavy atom. The second-order valence-corrected chi connectivity index (χ2v) is 4.63. The number of nitrogens with zero attached hydrogens (tertiary/aromatic N) is 1. The fraction of sp³-hybridized carbons (Fsp3) is 0.500. The molecule has 0 aliphatic carbocycles. The van der Waals surface area contributed by atoms with Crippen LogP contribution < -0.4 is 5.73 Å². The largest absolute Gasteiger partial charge is 0.330 e. The minimum absolute atomic E-state index is 0.122. The molecule has 1 rings (SSSR count). The van der Waals surface area contributed by atoms with Gasteiger partial charge in [-0.15, -0.1) is 0 Å². The number of hydrogen-bond donors (Lipinski definition) is 1. The molecule has 0 saturated heterocycles. The van der Waals surface area contributed by atoms with Crippen molar-refractivity contribution >= 4 is 15.9 Å². The zero-order valence-corrected chi connectivity index (χ0v) is 9.63. The average Bonchev–Trinajstić information content (AvgIpc) is 2.04. The molecule has 0 amide bonds. The summed E-state index contributed by atoms with van der Waals surface area (Å²) in [5.74, 6) is 0. The summed E-state index contributed by atoms with van der Waals surface area (Å²) in [5.41, 5.74) is 6.96. The van der Waals surface area contributed by atoms with Crippen LogP contribution >= 0.6 is 15.9 Å². The van der Waals surface area contributed by atoms with Gasteiger partial charge in [-0.3, -0.25) is 4.98 Å². The van der Waals surface area contributed by atoms with E-state index in [1.54, 1.807) is 0 Å². The predicted molar refractivity (Wildman–Crippen MR) is 58.6 cm³/mol. The highest BCUT2D eigenvalue weighted by molar-refractivity contribution is 9.10. The monoisotopic (exact) mass is 242 g/mol. The van der Waals surface area contributed by atoms with E-state index in [4.69, 9.17) is 5.73 Å². The quantitative estimate of drug-likeness (QED) is 0.885. The Balaban J connectivity index is 2.99. The van der Waals surface area contributed by atoms with Crippen LogP contribution in [0.5, 0.6) is 0 Å². The first kappa shape index (κ1) is 10.7. The van der Waals surface area contributed by atoms with Gasteiger partial charge in [0.25, 0.3) is 0 Å². The smallest absolute Gasteiger partial charge is 0.0413 e. The lowest BCUT2D eigenvalue weighted by atomic mass is 9.82. The van der Waals surface area contributed by atoms with Crippen LogP contribution in [-0.2, 0) is 5.41 Å². The highest BCUT2D eigenvalue weighted by Crippen LogP contribution is 2.31. The molecule has 0 aliphatic rings. The summed E-state index contributed by atoms with van der Waals surface area (Å²) >= 11 is 3.50. The minimum Gasteiger partial charge on any atom is -0.330 e. The lowest BCUT2D eigenvalue weighted by molar-refractivity contribution is 0.485. The molecule has 1 aromatic heterocycles. The fourth-order valence-electron chi connectivity index (χ4n) is 1.42. The molecule has 1 heterocycles. The highest BCUT2D eigenvalue weighted by Gasteiger charge is 2.21. The number of nitrogens with two attached hydrogens (primary N) is 1. The Morgan fingerprint density at radius 1 is 1.54 bits per heavy atom. The molecule has 72 valence electrons. The van der Waals surface area contributed by atoms with Gasteiger partial charge in [-0.1, -0.05) is 13.8 Å². The molecule has 2 N–H and O–H groups in total. The molecule has 0 atom stereocenters. The summed E-state index contributed by atoms with van der Waals surface area (Å²) in [6.45, 7) is 5.10. The number of hydrogen-bond acceptors (Lipinski definition) is 2. The molecule has 0 aromatic carbocycles. The minimum atomic E-state index is 0.122. The molecule has 0 fully saturated rings. The first-order valence-corrected chi connectivity index (χ1v) is 5.17. The summed E-state index contributed by atoms with van der Waals surface area (Å²) < 4.78 is 1.06. The van der Waals surface area contributed by atoms with Crippen LogP contribution in [-0.4, -0.2) is 11.5 Å². The molecule has 0 spiro atoms. The van der Waals surface area contributed by atoms with Crippen LogP contribution in [0.1, 0.15) is 25.8 Å². The normalized spacial score (nSPS) is 11.7. The van der Waals surface area contributed by atoms with E-state index in [-0.39, 0.29) is 5.41 Å². The summed E-state index contributed by atoms with van der Waals surface area (Å²) in [4.78, 5) is 4.04. The van der Waals surface area contributed by atoms with Crippen molar-refractivity contribution in [2.75, 3.05) is 6.54 Å². The van der Waals surface area contributed by atoms with Gasteiger partial charge >= 0.3 is 0 Å². The molecule has 0 saturated carbocycles. The maximum atomic E-state index is 5.57. The number of aromatic nitrogens is 1. The van der Waals surface area contributed by atoms with Crippen molar-refractivity contribution in [2.45, 2.75) is 25.7 Å². The third-order valence-corrected chi connectivity index (χ3v) is 2.90. The first-order chi connectivity index (χ1) is 6.08. The van der Waals surface area contributed by atoms with Gasteiger partial charge in [0, 0.05) is 16.9 Å². The average molecular weight is 243 g/mol. The van der Waals surface area contributed by atoms with Crippen LogP contribution in [0.25, 0.3) is 0 Å². The Bertz CT molecular complexity index is 284. The highest BCUT2D eigenvalue weighted by atomic mass is 79.9. The Kier molecular flexibility index (Phi) is 3.45. The van der Waals surface area contributed by atoms with Gasteiger partial charge in [0.1, 0.15) is 0 Å². The second kappa shape index (κ2) is 4.20. The van der Waals surface area contributed by atoms with Crippen LogP contribution in [0.4, 0.5) is 0 Å². The van der Waals surface area contributed by atoms with E-state index in [0.29, 0.717) is 6.54 Å². The molecule has 0 aliphatic heterocycles. The molecule has 0 bridgehead atoms. The molecule has 3 heteroatoms. The van der Waals surface area contributed by atoms with Crippen molar-refractivity contribution in [3.05, 3.63) is 28.5 Å². The van der Waals surface area contributed by atoms with Gasteiger partial charge in [0.05, 0.1) is 0 Å². The van der Waals surface area contributed by atoms with Crippen LogP contribution in [0.2, 0.25) is 0 Å². The SMILES string of the molecule is CC(C)(CCN)c1ccncc1Br. The van der Waals surface area contributed by atoms with Gasteiger partial charge in [-0.2, -0.15) is 0 Å². The van der Waals surface area contributed by atoms with Crippen molar-refractivity contribution < 1.29 is 0 Å². The standard InChI is InChI=1S/C10H15BrN2/c1-10(2,4-5-12)8-3-6-13-7-9(8)11/h3,6-7H,4-5,12H2,1-2H3. The molecule has 2 nitrogen and oxygen atoms in total. The first-order valence-electron chi connectivity index (χ1n) is 4.38. The molecule has 0 unspecified atom stereocenters. The Labute approximate surface area is 87.7 Å². The number of rotatable bonds is 3. The van der Waals surface area contributed by atoms with Crippen LogP contribution in [0, 0.1) is 0 Å². The van der Waals surface area contributed by atoms with Crippen molar-refractivity contribution in [1.29, 1.82) is 0 Å². The van der Waals surface area contributed by atoms with Gasteiger partial charge in [-0.25, -0.2) is 0 Å². The summed E-state index contributed by atoms with van der Waals surface area (Å²) in [6, 6.07) is 2.04. The molecule has 1 aromatic rings. The van der Waals surface area contributed by atoms with E-state index < -0.39 is 0 Å². The lowest BCUT2D eigenvalue weighted by Crippen LogP contribution is -2.22. The van der Waals surface area contributed by atoms with Crippen molar-refractivity contribution in [1.82, 2.24) is 4.98 Å². The summed E-state index contributed by atoms with van der Waals surface area (Å²) in [6.07, 6.45) is 4.63. The topological polar surface area (TPSA) is 38.9 Å². The van der Waals surface area contributed by atoms with Crippen LogP contribution in [0.15, 0.2) is 22.9 Å². The lowest BCUT2D eigenvalue weighted by Gasteiger charge is -2.25. The molecular formula is C10H15BrN2. The summed E-state index contributed by atoms with van der Waals surface area (Å²) in [7, 11) is 0. The van der Waals surface area contributed by atoms with Gasteiger partial charge < -0.3 is 5.73 Å². The fourth-order valence-corrected chi connectivity index (χ4v) is 2.21. The molecular weight excluding hydrogens is 228 g/mol. The van der Waals surface area contributed by atoms with Gasteiger partial charge in [0.15, 0.2) is 0 Å². The number of pyridine rings is 1. The second-order valence-electron chi connectivity index (χ2n) is 3.78. The Morgan fingerprint density at radius 2 is 2.23 bits per heavy atom. The number of halogens is 1. The van der Waals surface area contributed by atoms with Crippen LogP contribution in [0.3, 0.4) is 0 Å². The third-order valence-electron chi connectivity index (χ3n) is 2.27. The zero-order chi connectivity index (χ0) is 9.90. The molecule has 0 radical (unpaired) electrons. The maximum Gasteiger partial charge on any atom is 0.0413 e. The van der Waals surface area contributed by atoms with E-state index in [2.05, 4.69) is 34.8 Å². The summed E-state index contributed by atoms with van der Waals surface area (Å²) in [5, 5.41) is 0. The van der Waals surface area contributed by atoms with E-state index >= 15 is 0 Å². The van der Waals surface area contributed by atoms with Crippen molar-refractivity contribution in [2.24, 2.45) is 5.73 Å². The zero-order valence-electron chi connectivity index (χ0n) is 8.05. The Hall–Kier alpha value is -0.410. The maximum absolute atomic E-state index is 5.57. The van der Waals surface area contributed by atoms with Crippen molar-refractivity contribution in [3.63, 3.8) is 0 Å². The van der Waals surface area contributed by atoms with Crippen molar-refractivity contribution in [3.8, 4) is 0 Å².